The molecule has 1 aromatic carbocycles. The molecule has 0 aliphatic carbocycles. The van der Waals surface area contributed by atoms with Gasteiger partial charge in [0.25, 0.3) is 0 Å². The highest BCUT2D eigenvalue weighted by Gasteiger charge is 2.13. The molecule has 1 aliphatic heterocycles. The Balaban J connectivity index is 1.97. The van der Waals surface area contributed by atoms with Gasteiger partial charge in [0, 0.05) is 43.4 Å². The van der Waals surface area contributed by atoms with Crippen LogP contribution in [0.2, 0.25) is 0 Å². The van der Waals surface area contributed by atoms with Crippen LogP contribution in [-0.4, -0.2) is 31.2 Å². The van der Waals surface area contributed by atoms with Gasteiger partial charge >= 0.3 is 0 Å². The van der Waals surface area contributed by atoms with Crippen molar-refractivity contribution >= 4 is 16.6 Å². The second-order valence-corrected chi connectivity index (χ2v) is 5.52. The lowest BCUT2D eigenvalue weighted by molar-refractivity contribution is 0.590. The van der Waals surface area contributed by atoms with Gasteiger partial charge in [-0.1, -0.05) is 19.4 Å². The van der Waals surface area contributed by atoms with Crippen LogP contribution in [0.1, 0.15) is 25.3 Å². The van der Waals surface area contributed by atoms with Crippen molar-refractivity contribution in [2.24, 2.45) is 0 Å². The average molecular weight is 269 g/mol. The molecule has 3 heteroatoms. The molecule has 1 aliphatic rings. The number of nitrogens with one attached hydrogen (secondary N) is 1. The minimum Gasteiger partial charge on any atom is -0.368 e. The first-order valence-electron chi connectivity index (χ1n) is 7.72. The van der Waals surface area contributed by atoms with Gasteiger partial charge in [-0.05, 0) is 36.6 Å². The average Bonchev–Trinajstić information content (AvgIpc) is 2.53. The summed E-state index contributed by atoms with van der Waals surface area (Å²) in [6.45, 7) is 6.55. The second kappa shape index (κ2) is 6.23. The normalized spacial score (nSPS) is 15.8. The van der Waals surface area contributed by atoms with E-state index in [-0.39, 0.29) is 0 Å². The van der Waals surface area contributed by atoms with E-state index in [0.717, 1.165) is 31.7 Å². The maximum absolute atomic E-state index is 4.52. The largest absolute Gasteiger partial charge is 0.368 e. The molecule has 0 atom stereocenters. The number of aromatic nitrogens is 1. The first-order valence-corrected chi connectivity index (χ1v) is 7.72. The predicted octanol–water partition coefficient (Wildman–Crippen LogP) is 2.99. The van der Waals surface area contributed by atoms with Crippen molar-refractivity contribution in [2.75, 3.05) is 31.1 Å². The second-order valence-electron chi connectivity index (χ2n) is 5.52. The molecule has 0 radical (unpaired) electrons. The van der Waals surface area contributed by atoms with E-state index in [1.54, 1.807) is 0 Å². The van der Waals surface area contributed by atoms with Crippen molar-refractivity contribution in [1.29, 1.82) is 0 Å². The van der Waals surface area contributed by atoms with E-state index in [2.05, 4.69) is 46.4 Å². The van der Waals surface area contributed by atoms with E-state index in [9.17, 15) is 0 Å². The van der Waals surface area contributed by atoms with Crippen LogP contribution in [0.3, 0.4) is 0 Å². The molecular weight excluding hydrogens is 246 g/mol. The number of anilines is 1. The monoisotopic (exact) mass is 269 g/mol. The zero-order chi connectivity index (χ0) is 13.8. The summed E-state index contributed by atoms with van der Waals surface area (Å²) in [6.07, 6.45) is 5.61. The van der Waals surface area contributed by atoms with Crippen LogP contribution in [0.15, 0.2) is 30.5 Å². The van der Waals surface area contributed by atoms with Gasteiger partial charge in [-0.3, -0.25) is 4.98 Å². The fraction of sp³-hybridized carbons (Fsp3) is 0.471. The maximum Gasteiger partial charge on any atom is 0.0722 e. The summed E-state index contributed by atoms with van der Waals surface area (Å²) >= 11 is 0. The van der Waals surface area contributed by atoms with Gasteiger partial charge in [0.1, 0.15) is 0 Å². The summed E-state index contributed by atoms with van der Waals surface area (Å²) in [5, 5.41) is 4.72. The Morgan fingerprint density at radius 1 is 1.20 bits per heavy atom. The Kier molecular flexibility index (Phi) is 4.16. The number of nitrogens with zero attached hydrogens (tertiary/aromatic N) is 2. The van der Waals surface area contributed by atoms with E-state index in [1.165, 1.54) is 35.9 Å². The van der Waals surface area contributed by atoms with Gasteiger partial charge in [0.2, 0.25) is 0 Å². The Morgan fingerprint density at radius 2 is 2.05 bits per heavy atom. The molecule has 1 saturated heterocycles. The molecule has 0 saturated carbocycles. The van der Waals surface area contributed by atoms with Crippen molar-refractivity contribution in [3.05, 3.63) is 36.0 Å². The Labute approximate surface area is 121 Å². The van der Waals surface area contributed by atoms with Gasteiger partial charge in [-0.15, -0.1) is 0 Å². The highest BCUT2D eigenvalue weighted by atomic mass is 15.2. The van der Waals surface area contributed by atoms with Crippen LogP contribution >= 0.6 is 0 Å². The Hall–Kier alpha value is -1.61. The number of unbranched alkanes of at least 4 members (excludes halogenated alkanes) is 1. The summed E-state index contributed by atoms with van der Waals surface area (Å²) in [7, 11) is 0. The van der Waals surface area contributed by atoms with Gasteiger partial charge in [-0.25, -0.2) is 0 Å². The van der Waals surface area contributed by atoms with Gasteiger partial charge in [0.05, 0.1) is 5.52 Å². The minimum absolute atomic E-state index is 1.07. The molecule has 1 aromatic heterocycles. The molecule has 0 unspecified atom stereocenters. The third kappa shape index (κ3) is 2.78. The lowest BCUT2D eigenvalue weighted by atomic mass is 10.0. The third-order valence-electron chi connectivity index (χ3n) is 4.06. The zero-order valence-corrected chi connectivity index (χ0v) is 12.2. The van der Waals surface area contributed by atoms with Crippen LogP contribution < -0.4 is 10.2 Å². The number of aryl methyl sites for hydroxylation is 1. The highest BCUT2D eigenvalue weighted by molar-refractivity contribution is 5.92. The van der Waals surface area contributed by atoms with Gasteiger partial charge < -0.3 is 10.2 Å². The van der Waals surface area contributed by atoms with E-state index < -0.39 is 0 Å². The fourth-order valence-corrected chi connectivity index (χ4v) is 2.90. The lowest BCUT2D eigenvalue weighted by Gasteiger charge is -2.30. The van der Waals surface area contributed by atoms with Crippen LogP contribution in [-0.2, 0) is 6.42 Å². The Bertz CT molecular complexity index is 573. The number of fused-ring (bicyclic) bond motifs is 1. The molecule has 2 heterocycles. The molecule has 1 fully saturated rings. The van der Waals surface area contributed by atoms with E-state index in [0.29, 0.717) is 0 Å². The number of benzene rings is 1. The first-order chi connectivity index (χ1) is 9.88. The Morgan fingerprint density at radius 3 is 2.85 bits per heavy atom. The molecular formula is C17H23N3. The van der Waals surface area contributed by atoms with Crippen molar-refractivity contribution < 1.29 is 0 Å². The molecule has 0 bridgehead atoms. The number of hydrogen-bond acceptors (Lipinski definition) is 3. The quantitative estimate of drug-likeness (QED) is 0.925. The topological polar surface area (TPSA) is 28.2 Å². The number of hydrogen-bond donors (Lipinski definition) is 1. The van der Waals surface area contributed by atoms with Gasteiger partial charge in [0.15, 0.2) is 0 Å². The van der Waals surface area contributed by atoms with E-state index >= 15 is 0 Å². The van der Waals surface area contributed by atoms with E-state index in [1.807, 2.05) is 6.20 Å². The van der Waals surface area contributed by atoms with Crippen LogP contribution in [0.4, 0.5) is 5.69 Å². The molecule has 0 spiro atoms. The standard InChI is InChI=1S/C17H23N3/c1-2-3-4-14-5-6-16-15(13-14)17(7-8-19-16)20-11-9-18-10-12-20/h5-8,13,18H,2-4,9-12H2,1H3. The smallest absolute Gasteiger partial charge is 0.0722 e. The number of rotatable bonds is 4. The summed E-state index contributed by atoms with van der Waals surface area (Å²) in [5.74, 6) is 0. The fourth-order valence-electron chi connectivity index (χ4n) is 2.90. The minimum atomic E-state index is 1.07. The molecule has 3 rings (SSSR count). The molecule has 106 valence electrons. The third-order valence-corrected chi connectivity index (χ3v) is 4.06. The van der Waals surface area contributed by atoms with Crippen LogP contribution in [0, 0.1) is 0 Å². The molecule has 0 amide bonds. The summed E-state index contributed by atoms with van der Waals surface area (Å²) in [6, 6.07) is 8.91. The van der Waals surface area contributed by atoms with Gasteiger partial charge in [-0.2, -0.15) is 0 Å². The summed E-state index contributed by atoms with van der Waals surface area (Å²) in [5.41, 5.74) is 3.89. The molecule has 1 N–H and O–H groups in total. The molecule has 3 nitrogen and oxygen atoms in total. The SMILES string of the molecule is CCCCc1ccc2nccc(N3CCNCC3)c2c1. The number of pyridine rings is 1. The summed E-state index contributed by atoms with van der Waals surface area (Å²) < 4.78 is 0. The predicted molar refractivity (Wildman–Crippen MR) is 85.4 cm³/mol. The summed E-state index contributed by atoms with van der Waals surface area (Å²) in [4.78, 5) is 6.99. The zero-order valence-electron chi connectivity index (χ0n) is 12.2. The highest BCUT2D eigenvalue weighted by Crippen LogP contribution is 2.27. The molecule has 20 heavy (non-hydrogen) atoms. The van der Waals surface area contributed by atoms with Crippen molar-refractivity contribution in [3.8, 4) is 0 Å². The maximum atomic E-state index is 4.52. The van der Waals surface area contributed by atoms with Crippen molar-refractivity contribution in [1.82, 2.24) is 10.3 Å². The number of piperazine rings is 1. The lowest BCUT2D eigenvalue weighted by Crippen LogP contribution is -2.43. The van der Waals surface area contributed by atoms with Crippen molar-refractivity contribution in [3.63, 3.8) is 0 Å². The van der Waals surface area contributed by atoms with Crippen molar-refractivity contribution in [2.45, 2.75) is 26.2 Å². The van der Waals surface area contributed by atoms with E-state index in [4.69, 9.17) is 0 Å². The van der Waals surface area contributed by atoms with Crippen LogP contribution in [0.5, 0.6) is 0 Å². The van der Waals surface area contributed by atoms with Crippen LogP contribution in [0.25, 0.3) is 10.9 Å². The molecule has 2 aromatic rings. The first kappa shape index (κ1) is 13.4.